The highest BCUT2D eigenvalue weighted by molar-refractivity contribution is 5.86. The Morgan fingerprint density at radius 1 is 1.17 bits per heavy atom. The van der Waals surface area contributed by atoms with E-state index in [4.69, 9.17) is 4.74 Å². The second kappa shape index (κ2) is 7.43. The third kappa shape index (κ3) is 4.11. The Kier molecular flexibility index (Phi) is 5.31. The predicted molar refractivity (Wildman–Crippen MR) is 96.8 cm³/mol. The van der Waals surface area contributed by atoms with E-state index in [1.807, 2.05) is 0 Å². The van der Waals surface area contributed by atoms with Crippen molar-refractivity contribution in [2.45, 2.75) is 13.5 Å². The third-order valence-electron chi connectivity index (χ3n) is 4.70. The second-order valence-electron chi connectivity index (χ2n) is 7.02. The van der Waals surface area contributed by atoms with Crippen LogP contribution < -0.4 is 0 Å². The zero-order valence-electron chi connectivity index (χ0n) is 14.6. The zero-order valence-corrected chi connectivity index (χ0v) is 14.6. The number of rotatable bonds is 4. The molecule has 124 valence electrons. The maximum Gasteiger partial charge on any atom is 0.0593 e. The second-order valence-corrected chi connectivity index (χ2v) is 7.02. The molecule has 0 aromatic heterocycles. The van der Waals surface area contributed by atoms with Gasteiger partial charge in [-0.15, -0.1) is 0 Å². The molecule has 1 saturated heterocycles. The summed E-state index contributed by atoms with van der Waals surface area (Å²) in [5.41, 5.74) is 2.85. The quantitative estimate of drug-likeness (QED) is 0.862. The van der Waals surface area contributed by atoms with Crippen molar-refractivity contribution >= 4 is 10.8 Å². The summed E-state index contributed by atoms with van der Waals surface area (Å²) in [6.45, 7) is 8.18. The highest BCUT2D eigenvalue weighted by atomic mass is 16.5. The van der Waals surface area contributed by atoms with E-state index in [9.17, 15) is 0 Å². The highest BCUT2D eigenvalue weighted by Crippen LogP contribution is 2.24. The fourth-order valence-corrected chi connectivity index (χ4v) is 3.60. The van der Waals surface area contributed by atoms with Gasteiger partial charge in [-0.1, -0.05) is 36.4 Å². The van der Waals surface area contributed by atoms with Crippen LogP contribution in [0.1, 0.15) is 11.1 Å². The monoisotopic (exact) mass is 312 g/mol. The normalized spacial score (nSPS) is 20.1. The number of hydrogen-bond acceptors (Lipinski definition) is 3. The maximum atomic E-state index is 5.83. The first-order chi connectivity index (χ1) is 11.1. The molecule has 1 heterocycles. The number of fused-ring (bicyclic) bond motifs is 1. The predicted octanol–water partition coefficient (Wildman–Crippen LogP) is 3.16. The molecular formula is C20H28N2O. The molecule has 0 amide bonds. The maximum absolute atomic E-state index is 5.83. The van der Waals surface area contributed by atoms with E-state index in [1.165, 1.54) is 21.9 Å². The highest BCUT2D eigenvalue weighted by Gasteiger charge is 2.20. The average Bonchev–Trinajstić information content (AvgIpc) is 2.74. The Morgan fingerprint density at radius 3 is 2.83 bits per heavy atom. The van der Waals surface area contributed by atoms with Crippen LogP contribution in [0.4, 0.5) is 0 Å². The minimum atomic E-state index is 0.586. The van der Waals surface area contributed by atoms with E-state index in [1.54, 1.807) is 0 Å². The molecule has 23 heavy (non-hydrogen) atoms. The lowest BCUT2D eigenvalue weighted by Crippen LogP contribution is -2.34. The fourth-order valence-electron chi connectivity index (χ4n) is 3.60. The number of nitrogens with zero attached hydrogens (tertiary/aromatic N) is 2. The van der Waals surface area contributed by atoms with Gasteiger partial charge in [0.15, 0.2) is 0 Å². The van der Waals surface area contributed by atoms with Crippen molar-refractivity contribution in [2.24, 2.45) is 5.92 Å². The summed E-state index contributed by atoms with van der Waals surface area (Å²) in [7, 11) is 4.29. The molecular weight excluding hydrogens is 284 g/mol. The van der Waals surface area contributed by atoms with Crippen molar-refractivity contribution in [2.75, 3.05) is 46.9 Å². The molecule has 0 saturated carbocycles. The Bertz CT molecular complexity index is 653. The summed E-state index contributed by atoms with van der Waals surface area (Å²) in [4.78, 5) is 4.83. The van der Waals surface area contributed by atoms with Crippen LogP contribution in [0.3, 0.4) is 0 Å². The molecule has 0 aliphatic carbocycles. The number of ether oxygens (including phenoxy) is 1. The van der Waals surface area contributed by atoms with Gasteiger partial charge in [0, 0.05) is 32.1 Å². The summed E-state index contributed by atoms with van der Waals surface area (Å²) < 4.78 is 5.83. The fraction of sp³-hybridized carbons (Fsp3) is 0.500. The van der Waals surface area contributed by atoms with Gasteiger partial charge in [0.2, 0.25) is 0 Å². The van der Waals surface area contributed by atoms with E-state index in [2.05, 4.69) is 67.2 Å². The van der Waals surface area contributed by atoms with Gasteiger partial charge in [-0.05, 0) is 42.9 Å². The summed E-state index contributed by atoms with van der Waals surface area (Å²) >= 11 is 0. The smallest absolute Gasteiger partial charge is 0.0593 e. The number of benzene rings is 2. The number of aryl methyl sites for hydroxylation is 1. The van der Waals surface area contributed by atoms with Gasteiger partial charge < -0.3 is 9.64 Å². The van der Waals surface area contributed by atoms with E-state index in [0.717, 1.165) is 39.4 Å². The van der Waals surface area contributed by atoms with Crippen molar-refractivity contribution in [1.29, 1.82) is 0 Å². The van der Waals surface area contributed by atoms with Crippen molar-refractivity contribution in [3.05, 3.63) is 47.5 Å². The molecule has 2 aromatic rings. The van der Waals surface area contributed by atoms with E-state index >= 15 is 0 Å². The Labute approximate surface area is 139 Å². The van der Waals surface area contributed by atoms with Crippen LogP contribution >= 0.6 is 0 Å². The van der Waals surface area contributed by atoms with Crippen molar-refractivity contribution in [3.8, 4) is 0 Å². The Balaban J connectivity index is 1.81. The van der Waals surface area contributed by atoms with Crippen LogP contribution in [0.2, 0.25) is 0 Å². The standard InChI is InChI=1S/C20H28N2O/c1-16-8-9-18-6-4-5-7-19(18)20(16)14-22-10-11-23-15-17(13-22)12-21(2)3/h4-9,17H,10-15H2,1-3H3/t17-/m1/s1. The molecule has 3 nitrogen and oxygen atoms in total. The topological polar surface area (TPSA) is 15.7 Å². The first-order valence-electron chi connectivity index (χ1n) is 8.55. The lowest BCUT2D eigenvalue weighted by molar-refractivity contribution is 0.112. The minimum absolute atomic E-state index is 0.586. The van der Waals surface area contributed by atoms with Gasteiger partial charge in [-0.2, -0.15) is 0 Å². The molecule has 0 bridgehead atoms. The van der Waals surface area contributed by atoms with Crippen LogP contribution in [-0.2, 0) is 11.3 Å². The van der Waals surface area contributed by atoms with Crippen LogP contribution in [0, 0.1) is 12.8 Å². The molecule has 1 aliphatic heterocycles. The van der Waals surface area contributed by atoms with Crippen LogP contribution in [0.25, 0.3) is 10.8 Å². The molecule has 3 heteroatoms. The van der Waals surface area contributed by atoms with Crippen molar-refractivity contribution < 1.29 is 4.74 Å². The molecule has 1 fully saturated rings. The van der Waals surface area contributed by atoms with E-state index in [-0.39, 0.29) is 0 Å². The third-order valence-corrected chi connectivity index (χ3v) is 4.70. The van der Waals surface area contributed by atoms with Gasteiger partial charge in [-0.25, -0.2) is 0 Å². The SMILES string of the molecule is Cc1ccc2ccccc2c1CN1CCOC[C@H](CN(C)C)C1. The molecule has 0 N–H and O–H groups in total. The molecule has 3 rings (SSSR count). The van der Waals surface area contributed by atoms with Crippen LogP contribution in [0.5, 0.6) is 0 Å². The van der Waals surface area contributed by atoms with Crippen LogP contribution in [-0.4, -0.2) is 56.7 Å². The molecule has 0 unspecified atom stereocenters. The summed E-state index contributed by atoms with van der Waals surface area (Å²) in [5.74, 6) is 0.586. The first-order valence-corrected chi connectivity index (χ1v) is 8.55. The van der Waals surface area contributed by atoms with Crippen molar-refractivity contribution in [3.63, 3.8) is 0 Å². The van der Waals surface area contributed by atoms with Gasteiger partial charge in [0.1, 0.15) is 0 Å². The average molecular weight is 312 g/mol. The van der Waals surface area contributed by atoms with Crippen molar-refractivity contribution in [1.82, 2.24) is 9.80 Å². The first kappa shape index (κ1) is 16.4. The Morgan fingerprint density at radius 2 is 2.00 bits per heavy atom. The lowest BCUT2D eigenvalue weighted by Gasteiger charge is -2.26. The zero-order chi connectivity index (χ0) is 16.2. The number of hydrogen-bond donors (Lipinski definition) is 0. The molecule has 0 spiro atoms. The van der Waals surface area contributed by atoms with E-state index in [0.29, 0.717) is 5.92 Å². The van der Waals surface area contributed by atoms with Gasteiger partial charge in [0.25, 0.3) is 0 Å². The summed E-state index contributed by atoms with van der Waals surface area (Å²) in [6, 6.07) is 13.2. The molecule has 0 radical (unpaired) electrons. The largest absolute Gasteiger partial charge is 0.380 e. The van der Waals surface area contributed by atoms with Gasteiger partial charge in [0.05, 0.1) is 13.2 Å². The summed E-state index contributed by atoms with van der Waals surface area (Å²) in [5, 5.41) is 2.73. The van der Waals surface area contributed by atoms with Gasteiger partial charge >= 0.3 is 0 Å². The lowest BCUT2D eigenvalue weighted by atomic mass is 9.99. The molecule has 1 aliphatic rings. The van der Waals surface area contributed by atoms with Crippen LogP contribution in [0.15, 0.2) is 36.4 Å². The Hall–Kier alpha value is -1.42. The minimum Gasteiger partial charge on any atom is -0.380 e. The molecule has 2 aromatic carbocycles. The van der Waals surface area contributed by atoms with E-state index < -0.39 is 0 Å². The summed E-state index contributed by atoms with van der Waals surface area (Å²) in [6.07, 6.45) is 0. The molecule has 1 atom stereocenters. The van der Waals surface area contributed by atoms with Gasteiger partial charge in [-0.3, -0.25) is 4.90 Å².